The molecule has 0 bridgehead atoms. The molecular weight excluding hydrogens is 551 g/mol. The van der Waals surface area contributed by atoms with Crippen molar-refractivity contribution in [1.82, 2.24) is 9.97 Å². The average molecular weight is 557 g/mol. The predicted octanol–water partition coefficient (Wildman–Crippen LogP) is 5.34. The van der Waals surface area contributed by atoms with Crippen LogP contribution in [0.25, 0.3) is 10.9 Å². The fourth-order valence-electron chi connectivity index (χ4n) is 1.92. The van der Waals surface area contributed by atoms with Gasteiger partial charge in [0.05, 0.1) is 15.1 Å². The quantitative estimate of drug-likeness (QED) is 0.322. The number of aromatic nitrogens is 2. The molecule has 0 aliphatic carbocycles. The number of fused-ring (bicyclic) bond motifs is 1. The molecule has 0 aliphatic heterocycles. The van der Waals surface area contributed by atoms with Crippen LogP contribution in [0.15, 0.2) is 55.0 Å². The molecule has 0 saturated carbocycles. The van der Waals surface area contributed by atoms with E-state index in [0.29, 0.717) is 14.5 Å². The van der Waals surface area contributed by atoms with Crippen molar-refractivity contribution in [2.45, 2.75) is 4.90 Å². The second kappa shape index (κ2) is 6.87. The zero-order valence-corrected chi connectivity index (χ0v) is 17.8. The lowest BCUT2D eigenvalue weighted by Crippen LogP contribution is -2.11. The van der Waals surface area contributed by atoms with Crippen molar-refractivity contribution in [3.8, 4) is 5.75 Å². The molecule has 0 spiro atoms. The highest BCUT2D eigenvalue weighted by Crippen LogP contribution is 2.38. The Hall–Kier alpha value is -0.740. The molecular formula is C14H6Br3ClN2O3S. The molecule has 2 aromatic heterocycles. The Labute approximate surface area is 167 Å². The van der Waals surface area contributed by atoms with E-state index in [-0.39, 0.29) is 15.8 Å². The Kier molecular flexibility index (Phi) is 5.17. The second-order valence-corrected chi connectivity index (χ2v) is 9.02. The van der Waals surface area contributed by atoms with Gasteiger partial charge in [-0.15, -0.1) is 0 Å². The first kappa shape index (κ1) is 18.1. The highest BCUT2D eigenvalue weighted by molar-refractivity contribution is 9.11. The monoisotopic (exact) mass is 554 g/mol. The topological polar surface area (TPSA) is 69.2 Å². The van der Waals surface area contributed by atoms with Gasteiger partial charge in [-0.05, 0) is 50.1 Å². The number of pyridine rings is 2. The third-order valence-corrected chi connectivity index (χ3v) is 6.57. The van der Waals surface area contributed by atoms with Crippen LogP contribution in [0.4, 0.5) is 0 Å². The van der Waals surface area contributed by atoms with Gasteiger partial charge in [0.25, 0.3) is 0 Å². The number of nitrogens with zero attached hydrogens (tertiary/aromatic N) is 2. The summed E-state index contributed by atoms with van der Waals surface area (Å²) in [5.74, 6) is 0.0971. The summed E-state index contributed by atoms with van der Waals surface area (Å²) < 4.78 is 32.0. The summed E-state index contributed by atoms with van der Waals surface area (Å²) in [6.45, 7) is 0. The van der Waals surface area contributed by atoms with Crippen LogP contribution in [0.2, 0.25) is 5.15 Å². The number of hydrogen-bond donors (Lipinski definition) is 0. The summed E-state index contributed by atoms with van der Waals surface area (Å²) in [5, 5.41) is 0.882. The van der Waals surface area contributed by atoms with E-state index in [4.69, 9.17) is 15.8 Å². The first-order valence-corrected chi connectivity index (χ1v) is 10.4. The molecule has 3 rings (SSSR count). The first-order valence-electron chi connectivity index (χ1n) is 6.28. The maximum absolute atomic E-state index is 12.6. The zero-order valence-electron chi connectivity index (χ0n) is 11.5. The lowest BCUT2D eigenvalue weighted by Gasteiger charge is -2.12. The highest BCUT2D eigenvalue weighted by Gasteiger charge is 2.23. The third kappa shape index (κ3) is 3.45. The molecule has 0 atom stereocenters. The van der Waals surface area contributed by atoms with Crippen molar-refractivity contribution >= 4 is 80.4 Å². The van der Waals surface area contributed by atoms with Crippen LogP contribution in [0.1, 0.15) is 0 Å². The summed E-state index contributed by atoms with van der Waals surface area (Å²) in [6, 6.07) is 6.58. The van der Waals surface area contributed by atoms with Crippen molar-refractivity contribution in [3.05, 3.63) is 55.2 Å². The van der Waals surface area contributed by atoms with Crippen molar-refractivity contribution in [2.24, 2.45) is 0 Å². The van der Waals surface area contributed by atoms with E-state index in [9.17, 15) is 8.42 Å². The maximum Gasteiger partial charge on any atom is 0.340 e. The minimum absolute atomic E-state index is 0.0971. The molecule has 0 radical (unpaired) electrons. The van der Waals surface area contributed by atoms with E-state index in [0.717, 1.165) is 16.1 Å². The normalized spacial score (nSPS) is 11.7. The third-order valence-electron chi connectivity index (χ3n) is 3.00. The molecule has 5 nitrogen and oxygen atoms in total. The Morgan fingerprint density at radius 2 is 1.79 bits per heavy atom. The van der Waals surface area contributed by atoms with Gasteiger partial charge in [-0.2, -0.15) is 8.42 Å². The van der Waals surface area contributed by atoms with Crippen LogP contribution in [-0.2, 0) is 10.1 Å². The van der Waals surface area contributed by atoms with Crippen molar-refractivity contribution in [3.63, 3.8) is 0 Å². The van der Waals surface area contributed by atoms with Crippen LogP contribution in [-0.4, -0.2) is 18.4 Å². The van der Waals surface area contributed by atoms with E-state index in [1.807, 2.05) is 0 Å². The Morgan fingerprint density at radius 1 is 1.04 bits per heavy atom. The zero-order chi connectivity index (χ0) is 17.5. The molecule has 0 N–H and O–H groups in total. The van der Waals surface area contributed by atoms with Crippen LogP contribution in [0.5, 0.6) is 5.75 Å². The van der Waals surface area contributed by atoms with Gasteiger partial charge >= 0.3 is 10.1 Å². The lowest BCUT2D eigenvalue weighted by atomic mass is 10.2. The molecule has 10 heteroatoms. The summed E-state index contributed by atoms with van der Waals surface area (Å²) in [4.78, 5) is 7.90. The minimum atomic E-state index is -4.12. The molecule has 2 heterocycles. The molecule has 0 unspecified atom stereocenters. The summed E-state index contributed by atoms with van der Waals surface area (Å²) in [5.41, 5.74) is 0.406. The fourth-order valence-corrected chi connectivity index (χ4v) is 4.92. The van der Waals surface area contributed by atoms with E-state index < -0.39 is 10.1 Å². The van der Waals surface area contributed by atoms with E-state index >= 15 is 0 Å². The van der Waals surface area contributed by atoms with Gasteiger partial charge in [0, 0.05) is 16.1 Å². The molecule has 3 aromatic rings. The van der Waals surface area contributed by atoms with E-state index in [1.165, 1.54) is 6.07 Å². The SMILES string of the molecule is O=S(=O)(Oc1c(Br)cc(Br)c2cccnc12)c1cnc(Cl)c(Br)c1. The van der Waals surface area contributed by atoms with Gasteiger partial charge in [0.2, 0.25) is 0 Å². The van der Waals surface area contributed by atoms with Crippen LogP contribution in [0, 0.1) is 0 Å². The van der Waals surface area contributed by atoms with Gasteiger partial charge in [0.1, 0.15) is 15.6 Å². The Morgan fingerprint density at radius 3 is 2.50 bits per heavy atom. The second-order valence-electron chi connectivity index (χ2n) is 4.55. The largest absolute Gasteiger partial charge is 0.375 e. The van der Waals surface area contributed by atoms with Crippen molar-refractivity contribution in [2.75, 3.05) is 0 Å². The van der Waals surface area contributed by atoms with E-state index in [1.54, 1.807) is 24.4 Å². The predicted molar refractivity (Wildman–Crippen MR) is 102 cm³/mol. The van der Waals surface area contributed by atoms with Crippen molar-refractivity contribution < 1.29 is 12.6 Å². The molecule has 0 aliphatic rings. The van der Waals surface area contributed by atoms with Gasteiger partial charge in [0.15, 0.2) is 5.75 Å². The molecule has 0 amide bonds. The fraction of sp³-hybridized carbons (Fsp3) is 0. The minimum Gasteiger partial charge on any atom is -0.375 e. The summed E-state index contributed by atoms with van der Waals surface area (Å²) >= 11 is 15.7. The van der Waals surface area contributed by atoms with Gasteiger partial charge in [-0.25, -0.2) is 4.98 Å². The Balaban J connectivity index is 2.14. The molecule has 0 fully saturated rings. The van der Waals surface area contributed by atoms with Crippen molar-refractivity contribution in [1.29, 1.82) is 0 Å². The lowest BCUT2D eigenvalue weighted by molar-refractivity contribution is 0.486. The van der Waals surface area contributed by atoms with Crippen LogP contribution < -0.4 is 4.18 Å². The standard InChI is InChI=1S/C14H6Br3ClN2O3S/c15-9-5-10(16)13(12-8(9)2-1-3-19-12)23-24(21,22)7-4-11(17)14(18)20-6-7/h1-6H. The van der Waals surface area contributed by atoms with Gasteiger partial charge < -0.3 is 4.18 Å². The average Bonchev–Trinajstić information content (AvgIpc) is 2.54. The van der Waals surface area contributed by atoms with E-state index in [2.05, 4.69) is 57.8 Å². The summed E-state index contributed by atoms with van der Waals surface area (Å²) in [7, 11) is -4.12. The number of rotatable bonds is 3. The molecule has 24 heavy (non-hydrogen) atoms. The molecule has 124 valence electrons. The first-order chi connectivity index (χ1) is 11.3. The number of halogens is 4. The van der Waals surface area contributed by atoms with Gasteiger partial charge in [-0.1, -0.05) is 33.6 Å². The van der Waals surface area contributed by atoms with Crippen LogP contribution in [0.3, 0.4) is 0 Å². The highest BCUT2D eigenvalue weighted by atomic mass is 79.9. The Bertz CT molecular complexity index is 1060. The van der Waals surface area contributed by atoms with Crippen LogP contribution >= 0.6 is 59.4 Å². The van der Waals surface area contributed by atoms with Gasteiger partial charge in [-0.3, -0.25) is 4.98 Å². The number of benzene rings is 1. The summed E-state index contributed by atoms with van der Waals surface area (Å²) in [6.07, 6.45) is 2.69. The molecule has 1 aromatic carbocycles. The maximum atomic E-state index is 12.6. The number of hydrogen-bond acceptors (Lipinski definition) is 5. The molecule has 0 saturated heterocycles. The smallest absolute Gasteiger partial charge is 0.340 e.